The number of hydrogen-bond acceptors (Lipinski definition) is 4. The Labute approximate surface area is 170 Å². The van der Waals surface area contributed by atoms with Gasteiger partial charge in [0.05, 0.1) is 19.3 Å². The number of amides is 1. The average molecular weight is 469 g/mol. The van der Waals surface area contributed by atoms with Crippen molar-refractivity contribution in [3.63, 3.8) is 0 Å². The summed E-state index contributed by atoms with van der Waals surface area (Å²) in [4.78, 5) is 20.5. The smallest absolute Gasteiger partial charge is 0.251 e. The number of aliphatic imine (C=N–C) groups is 1. The lowest BCUT2D eigenvalue weighted by molar-refractivity contribution is 0.0954. The molecule has 0 spiro atoms. The first kappa shape index (κ1) is 21.7. The second-order valence-electron chi connectivity index (χ2n) is 5.16. The number of nitrogens with one attached hydrogen (secondary N) is 3. The van der Waals surface area contributed by atoms with E-state index in [9.17, 15) is 4.79 Å². The Bertz CT molecular complexity index is 710. The maximum atomic E-state index is 12.1. The normalized spacial score (nSPS) is 10.5. The largest absolute Gasteiger partial charge is 0.497 e. The highest BCUT2D eigenvalue weighted by Crippen LogP contribution is 2.12. The summed E-state index contributed by atoms with van der Waals surface area (Å²) < 4.78 is 5.12. The summed E-state index contributed by atoms with van der Waals surface area (Å²) in [5, 5.41) is 9.16. The molecule has 1 heterocycles. The zero-order valence-electron chi connectivity index (χ0n) is 14.9. The van der Waals surface area contributed by atoms with Gasteiger partial charge in [-0.3, -0.25) is 14.8 Å². The van der Waals surface area contributed by atoms with Crippen LogP contribution >= 0.6 is 24.0 Å². The Kier molecular flexibility index (Phi) is 10.1. The standard InChI is InChI=1S/C18H23N5O2.HI/c1-19-18(23-13-15-7-3-4-9-20-15)22-11-10-21-17(24)14-6-5-8-16(12-14)25-2;/h3-9,12H,10-11,13H2,1-2H3,(H,21,24)(H2,19,22,23);1H. The average Bonchev–Trinajstić information content (AvgIpc) is 2.68. The summed E-state index contributed by atoms with van der Waals surface area (Å²) in [6, 6.07) is 12.8. The molecule has 1 aromatic carbocycles. The highest BCUT2D eigenvalue weighted by Gasteiger charge is 2.06. The molecule has 1 aromatic heterocycles. The van der Waals surface area contributed by atoms with Crippen molar-refractivity contribution in [1.29, 1.82) is 0 Å². The van der Waals surface area contributed by atoms with E-state index in [-0.39, 0.29) is 29.9 Å². The molecule has 0 radical (unpaired) electrons. The highest BCUT2D eigenvalue weighted by atomic mass is 127. The predicted octanol–water partition coefficient (Wildman–Crippen LogP) is 1.80. The molecule has 0 atom stereocenters. The van der Waals surface area contributed by atoms with Crippen molar-refractivity contribution in [2.45, 2.75) is 6.54 Å². The molecule has 0 saturated carbocycles. The minimum absolute atomic E-state index is 0. The fraction of sp³-hybridized carbons (Fsp3) is 0.278. The quantitative estimate of drug-likeness (QED) is 0.249. The Balaban J connectivity index is 0.00000338. The van der Waals surface area contributed by atoms with E-state index in [1.54, 1.807) is 44.6 Å². The number of aromatic nitrogens is 1. The van der Waals surface area contributed by atoms with E-state index in [4.69, 9.17) is 4.74 Å². The molecular weight excluding hydrogens is 445 g/mol. The molecule has 26 heavy (non-hydrogen) atoms. The maximum Gasteiger partial charge on any atom is 0.251 e. The highest BCUT2D eigenvalue weighted by molar-refractivity contribution is 14.0. The summed E-state index contributed by atoms with van der Waals surface area (Å²) in [6.07, 6.45) is 1.75. The van der Waals surface area contributed by atoms with Crippen LogP contribution in [0.5, 0.6) is 5.75 Å². The Hall–Kier alpha value is -2.36. The van der Waals surface area contributed by atoms with Crippen LogP contribution in [0.1, 0.15) is 16.1 Å². The molecule has 3 N–H and O–H groups in total. The zero-order valence-corrected chi connectivity index (χ0v) is 17.2. The van der Waals surface area contributed by atoms with Crippen molar-refractivity contribution in [2.24, 2.45) is 4.99 Å². The fourth-order valence-electron chi connectivity index (χ4n) is 2.12. The molecule has 2 aromatic rings. The van der Waals surface area contributed by atoms with E-state index in [1.165, 1.54) is 0 Å². The number of pyridine rings is 1. The molecule has 0 aliphatic carbocycles. The Morgan fingerprint density at radius 2 is 1.92 bits per heavy atom. The monoisotopic (exact) mass is 469 g/mol. The zero-order chi connectivity index (χ0) is 17.9. The van der Waals surface area contributed by atoms with Gasteiger partial charge in [-0.05, 0) is 30.3 Å². The van der Waals surface area contributed by atoms with Gasteiger partial charge in [0.25, 0.3) is 5.91 Å². The lowest BCUT2D eigenvalue weighted by Crippen LogP contribution is -2.41. The molecule has 0 bridgehead atoms. The molecule has 8 heteroatoms. The van der Waals surface area contributed by atoms with Gasteiger partial charge in [0.1, 0.15) is 5.75 Å². The number of carbonyl (C=O) groups excluding carboxylic acids is 1. The minimum atomic E-state index is -0.142. The van der Waals surface area contributed by atoms with Gasteiger partial charge in [-0.1, -0.05) is 12.1 Å². The van der Waals surface area contributed by atoms with Crippen LogP contribution in [0.25, 0.3) is 0 Å². The first-order valence-electron chi connectivity index (χ1n) is 7.99. The molecular formula is C18H24IN5O2. The van der Waals surface area contributed by atoms with Crippen molar-refractivity contribution in [3.8, 4) is 5.75 Å². The number of benzene rings is 1. The van der Waals surface area contributed by atoms with Gasteiger partial charge in [0.15, 0.2) is 5.96 Å². The van der Waals surface area contributed by atoms with Crippen LogP contribution in [-0.2, 0) is 6.54 Å². The third-order valence-electron chi connectivity index (χ3n) is 3.42. The van der Waals surface area contributed by atoms with Gasteiger partial charge >= 0.3 is 0 Å². The van der Waals surface area contributed by atoms with E-state index in [1.807, 2.05) is 18.2 Å². The van der Waals surface area contributed by atoms with Gasteiger partial charge in [-0.2, -0.15) is 0 Å². The number of ether oxygens (including phenoxy) is 1. The van der Waals surface area contributed by atoms with Gasteiger partial charge in [0.2, 0.25) is 0 Å². The summed E-state index contributed by atoms with van der Waals surface area (Å²) in [7, 11) is 3.27. The fourth-order valence-corrected chi connectivity index (χ4v) is 2.12. The lowest BCUT2D eigenvalue weighted by atomic mass is 10.2. The van der Waals surface area contributed by atoms with Crippen LogP contribution in [0.4, 0.5) is 0 Å². The van der Waals surface area contributed by atoms with Crippen molar-refractivity contribution in [2.75, 3.05) is 27.2 Å². The molecule has 140 valence electrons. The van der Waals surface area contributed by atoms with Crippen molar-refractivity contribution >= 4 is 35.8 Å². The molecule has 0 aliphatic heterocycles. The van der Waals surface area contributed by atoms with E-state index in [0.29, 0.717) is 36.9 Å². The minimum Gasteiger partial charge on any atom is -0.497 e. The molecule has 0 unspecified atom stereocenters. The maximum absolute atomic E-state index is 12.1. The van der Waals surface area contributed by atoms with Crippen LogP contribution in [0, 0.1) is 0 Å². The summed E-state index contributed by atoms with van der Waals surface area (Å²) in [5.41, 5.74) is 1.49. The van der Waals surface area contributed by atoms with Crippen molar-refractivity contribution < 1.29 is 9.53 Å². The van der Waals surface area contributed by atoms with E-state index >= 15 is 0 Å². The molecule has 2 rings (SSSR count). The second kappa shape index (κ2) is 12.1. The lowest BCUT2D eigenvalue weighted by Gasteiger charge is -2.12. The van der Waals surface area contributed by atoms with E-state index in [2.05, 4.69) is 25.9 Å². The molecule has 0 aliphatic rings. The SMILES string of the molecule is CN=C(NCCNC(=O)c1cccc(OC)c1)NCc1ccccn1.I. The third-order valence-corrected chi connectivity index (χ3v) is 3.42. The van der Waals surface area contributed by atoms with Crippen LogP contribution in [0.2, 0.25) is 0 Å². The van der Waals surface area contributed by atoms with Crippen LogP contribution in [0.15, 0.2) is 53.7 Å². The van der Waals surface area contributed by atoms with Crippen molar-refractivity contribution in [1.82, 2.24) is 20.9 Å². The van der Waals surface area contributed by atoms with Gasteiger partial charge < -0.3 is 20.7 Å². The van der Waals surface area contributed by atoms with Crippen LogP contribution in [0.3, 0.4) is 0 Å². The molecule has 7 nitrogen and oxygen atoms in total. The molecule has 0 saturated heterocycles. The van der Waals surface area contributed by atoms with Crippen molar-refractivity contribution in [3.05, 3.63) is 59.9 Å². The van der Waals surface area contributed by atoms with Crippen LogP contribution in [-0.4, -0.2) is 44.1 Å². The first-order chi connectivity index (χ1) is 12.2. The third kappa shape index (κ3) is 7.26. The Morgan fingerprint density at radius 1 is 1.12 bits per heavy atom. The number of rotatable bonds is 7. The van der Waals surface area contributed by atoms with Crippen LogP contribution < -0.4 is 20.7 Å². The second-order valence-corrected chi connectivity index (χ2v) is 5.16. The summed E-state index contributed by atoms with van der Waals surface area (Å²) >= 11 is 0. The number of nitrogens with zero attached hydrogens (tertiary/aromatic N) is 2. The summed E-state index contributed by atoms with van der Waals surface area (Å²) in [5.74, 6) is 1.17. The molecule has 1 amide bonds. The van der Waals surface area contributed by atoms with Gasteiger partial charge in [-0.15, -0.1) is 24.0 Å². The molecule has 0 fully saturated rings. The topological polar surface area (TPSA) is 87.6 Å². The first-order valence-corrected chi connectivity index (χ1v) is 7.99. The number of methoxy groups -OCH3 is 1. The van der Waals surface area contributed by atoms with Gasteiger partial charge in [-0.25, -0.2) is 0 Å². The summed E-state index contributed by atoms with van der Waals surface area (Å²) in [6.45, 7) is 1.61. The van der Waals surface area contributed by atoms with E-state index in [0.717, 1.165) is 5.69 Å². The van der Waals surface area contributed by atoms with Gasteiger partial charge in [0, 0.05) is 31.9 Å². The number of guanidine groups is 1. The number of halogens is 1. The predicted molar refractivity (Wildman–Crippen MR) is 113 cm³/mol. The van der Waals surface area contributed by atoms with E-state index < -0.39 is 0 Å². The number of hydrogen-bond donors (Lipinski definition) is 3. The Morgan fingerprint density at radius 3 is 2.62 bits per heavy atom. The number of carbonyl (C=O) groups is 1.